The molecule has 0 bridgehead atoms. The van der Waals surface area contributed by atoms with E-state index in [1.165, 1.54) is 12.1 Å². The van der Waals surface area contributed by atoms with E-state index in [-0.39, 0.29) is 17.9 Å². The molecule has 1 saturated carbocycles. The molecule has 7 heteroatoms. The van der Waals surface area contributed by atoms with Crippen LogP contribution in [-0.2, 0) is 16.6 Å². The van der Waals surface area contributed by atoms with Crippen molar-refractivity contribution in [3.05, 3.63) is 35.4 Å². The largest absolute Gasteiger partial charge is 0.478 e. The monoisotopic (exact) mass is 294 g/mol. The molecule has 0 atom stereocenters. The van der Waals surface area contributed by atoms with Crippen molar-refractivity contribution in [1.29, 1.82) is 5.26 Å². The summed E-state index contributed by atoms with van der Waals surface area (Å²) in [4.78, 5) is 10.7. The van der Waals surface area contributed by atoms with Crippen LogP contribution in [0.5, 0.6) is 0 Å². The molecule has 0 unspecified atom stereocenters. The minimum atomic E-state index is -3.50. The van der Waals surface area contributed by atoms with Crippen molar-refractivity contribution in [2.75, 3.05) is 5.75 Å². The van der Waals surface area contributed by atoms with Crippen molar-refractivity contribution in [3.63, 3.8) is 0 Å². The number of nitriles is 1. The van der Waals surface area contributed by atoms with Crippen LogP contribution in [0.25, 0.3) is 0 Å². The Morgan fingerprint density at radius 2 is 1.95 bits per heavy atom. The Kier molecular flexibility index (Phi) is 3.79. The Morgan fingerprint density at radius 3 is 2.40 bits per heavy atom. The predicted octanol–water partition coefficient (Wildman–Crippen LogP) is 1.11. The molecule has 0 spiro atoms. The fraction of sp³-hybridized carbons (Fsp3) is 0.385. The lowest BCUT2D eigenvalue weighted by molar-refractivity contribution is 0.0697. The zero-order valence-electron chi connectivity index (χ0n) is 10.7. The van der Waals surface area contributed by atoms with E-state index in [1.54, 1.807) is 12.1 Å². The summed E-state index contributed by atoms with van der Waals surface area (Å²) >= 11 is 0. The molecule has 6 nitrogen and oxygen atoms in total. The SMILES string of the molecule is N#CC1(CS(=O)(=O)NCc2ccc(C(=O)O)cc2)CC1. The van der Waals surface area contributed by atoms with E-state index in [4.69, 9.17) is 10.4 Å². The third-order valence-corrected chi connectivity index (χ3v) is 4.77. The van der Waals surface area contributed by atoms with Gasteiger partial charge in [-0.25, -0.2) is 17.9 Å². The Balaban J connectivity index is 1.94. The molecule has 0 saturated heterocycles. The summed E-state index contributed by atoms with van der Waals surface area (Å²) in [5.41, 5.74) is 0.109. The summed E-state index contributed by atoms with van der Waals surface area (Å²) in [5, 5.41) is 17.6. The predicted molar refractivity (Wildman–Crippen MR) is 71.3 cm³/mol. The summed E-state index contributed by atoms with van der Waals surface area (Å²) < 4.78 is 26.1. The number of carboxylic acids is 1. The number of benzene rings is 1. The molecule has 0 aliphatic heterocycles. The highest BCUT2D eigenvalue weighted by Crippen LogP contribution is 2.45. The summed E-state index contributed by atoms with van der Waals surface area (Å²) in [6.45, 7) is 0.0870. The average molecular weight is 294 g/mol. The number of carboxylic acid groups (broad SMARTS) is 1. The van der Waals surface area contributed by atoms with Crippen LogP contribution < -0.4 is 4.72 Å². The van der Waals surface area contributed by atoms with E-state index in [0.29, 0.717) is 18.4 Å². The van der Waals surface area contributed by atoms with Gasteiger partial charge in [0.15, 0.2) is 0 Å². The molecule has 0 amide bonds. The Hall–Kier alpha value is -1.91. The lowest BCUT2D eigenvalue weighted by atomic mass is 10.1. The fourth-order valence-electron chi connectivity index (χ4n) is 1.81. The van der Waals surface area contributed by atoms with Gasteiger partial charge < -0.3 is 5.11 Å². The summed E-state index contributed by atoms with van der Waals surface area (Å²) in [7, 11) is -3.50. The van der Waals surface area contributed by atoms with Crippen molar-refractivity contribution in [3.8, 4) is 6.07 Å². The maximum atomic E-state index is 11.8. The molecule has 1 fully saturated rings. The zero-order chi connectivity index (χ0) is 14.8. The second kappa shape index (κ2) is 5.23. The van der Waals surface area contributed by atoms with E-state index in [9.17, 15) is 13.2 Å². The first-order chi connectivity index (χ1) is 9.36. The van der Waals surface area contributed by atoms with Crippen molar-refractivity contribution in [2.24, 2.45) is 5.41 Å². The number of nitrogens with one attached hydrogen (secondary N) is 1. The van der Waals surface area contributed by atoms with Crippen molar-refractivity contribution < 1.29 is 18.3 Å². The quantitative estimate of drug-likeness (QED) is 0.817. The van der Waals surface area contributed by atoms with Crippen molar-refractivity contribution in [1.82, 2.24) is 4.72 Å². The van der Waals surface area contributed by atoms with Crippen LogP contribution in [-0.4, -0.2) is 25.2 Å². The lowest BCUT2D eigenvalue weighted by Crippen LogP contribution is -2.29. The molecule has 2 N–H and O–H groups in total. The number of sulfonamides is 1. The van der Waals surface area contributed by atoms with Crippen LogP contribution in [0.1, 0.15) is 28.8 Å². The summed E-state index contributed by atoms with van der Waals surface area (Å²) in [5.74, 6) is -1.20. The van der Waals surface area contributed by atoms with E-state index >= 15 is 0 Å². The maximum absolute atomic E-state index is 11.8. The number of hydrogen-bond donors (Lipinski definition) is 2. The maximum Gasteiger partial charge on any atom is 0.335 e. The van der Waals surface area contributed by atoms with Gasteiger partial charge in [0.05, 0.1) is 22.8 Å². The Labute approximate surface area is 117 Å². The van der Waals surface area contributed by atoms with Gasteiger partial charge in [-0.1, -0.05) is 12.1 Å². The molecular formula is C13H14N2O4S. The molecule has 1 aromatic rings. The normalized spacial score (nSPS) is 16.4. The summed E-state index contributed by atoms with van der Waals surface area (Å²) in [6.07, 6.45) is 1.25. The average Bonchev–Trinajstić information content (AvgIpc) is 3.16. The summed E-state index contributed by atoms with van der Waals surface area (Å²) in [6, 6.07) is 8.00. The van der Waals surface area contributed by atoms with Crippen LogP contribution >= 0.6 is 0 Å². The third kappa shape index (κ3) is 3.56. The van der Waals surface area contributed by atoms with Crippen LogP contribution in [0.4, 0.5) is 0 Å². The van der Waals surface area contributed by atoms with E-state index in [2.05, 4.69) is 4.72 Å². The van der Waals surface area contributed by atoms with Gasteiger partial charge in [-0.3, -0.25) is 0 Å². The molecule has 1 aliphatic carbocycles. The molecule has 0 heterocycles. The highest BCUT2D eigenvalue weighted by Gasteiger charge is 2.46. The lowest BCUT2D eigenvalue weighted by Gasteiger charge is -2.09. The Bertz CT molecular complexity index is 655. The molecule has 106 valence electrons. The van der Waals surface area contributed by atoms with Gasteiger partial charge in [-0.05, 0) is 30.5 Å². The van der Waals surface area contributed by atoms with Crippen LogP contribution in [0.2, 0.25) is 0 Å². The molecule has 0 aromatic heterocycles. The van der Waals surface area contributed by atoms with Gasteiger partial charge in [0.1, 0.15) is 0 Å². The van der Waals surface area contributed by atoms with Gasteiger partial charge in [-0.15, -0.1) is 0 Å². The minimum absolute atomic E-state index is 0.0870. The highest BCUT2D eigenvalue weighted by atomic mass is 32.2. The first-order valence-electron chi connectivity index (χ1n) is 6.07. The first kappa shape index (κ1) is 14.5. The standard InChI is InChI=1S/C13H14N2O4S/c14-8-13(5-6-13)9-20(18,19)15-7-10-1-3-11(4-2-10)12(16)17/h1-4,15H,5-7,9H2,(H,16,17). The van der Waals surface area contributed by atoms with Crippen molar-refractivity contribution in [2.45, 2.75) is 19.4 Å². The molecular weight excluding hydrogens is 280 g/mol. The van der Waals surface area contributed by atoms with Crippen molar-refractivity contribution >= 4 is 16.0 Å². The second-order valence-electron chi connectivity index (χ2n) is 4.97. The molecule has 1 aromatic carbocycles. The number of aromatic carboxylic acids is 1. The molecule has 0 radical (unpaired) electrons. The highest BCUT2D eigenvalue weighted by molar-refractivity contribution is 7.89. The smallest absolute Gasteiger partial charge is 0.335 e. The van der Waals surface area contributed by atoms with E-state index in [1.807, 2.05) is 6.07 Å². The number of carbonyl (C=O) groups is 1. The number of rotatable bonds is 6. The van der Waals surface area contributed by atoms with Gasteiger partial charge in [0, 0.05) is 6.54 Å². The van der Waals surface area contributed by atoms with Gasteiger partial charge in [-0.2, -0.15) is 5.26 Å². The third-order valence-electron chi connectivity index (χ3n) is 3.25. The van der Waals surface area contributed by atoms with Gasteiger partial charge in [0.25, 0.3) is 0 Å². The van der Waals surface area contributed by atoms with Crippen LogP contribution in [0, 0.1) is 16.7 Å². The van der Waals surface area contributed by atoms with Crippen LogP contribution in [0.15, 0.2) is 24.3 Å². The van der Waals surface area contributed by atoms with E-state index in [0.717, 1.165) is 0 Å². The first-order valence-corrected chi connectivity index (χ1v) is 7.72. The minimum Gasteiger partial charge on any atom is -0.478 e. The van der Waals surface area contributed by atoms with Gasteiger partial charge in [0.2, 0.25) is 10.0 Å². The molecule has 20 heavy (non-hydrogen) atoms. The van der Waals surface area contributed by atoms with Gasteiger partial charge >= 0.3 is 5.97 Å². The number of nitrogens with zero attached hydrogens (tertiary/aromatic N) is 1. The zero-order valence-corrected chi connectivity index (χ0v) is 11.5. The van der Waals surface area contributed by atoms with E-state index < -0.39 is 21.4 Å². The van der Waals surface area contributed by atoms with Crippen LogP contribution in [0.3, 0.4) is 0 Å². The second-order valence-corrected chi connectivity index (χ2v) is 6.78. The topological polar surface area (TPSA) is 107 Å². The molecule has 2 rings (SSSR count). The fourth-order valence-corrected chi connectivity index (χ4v) is 3.38. The number of hydrogen-bond acceptors (Lipinski definition) is 4. The molecule has 1 aliphatic rings. The Morgan fingerprint density at radius 1 is 1.35 bits per heavy atom.